The maximum Gasteiger partial charge on any atom is 0.306 e. The van der Waals surface area contributed by atoms with Crippen molar-refractivity contribution in [3.8, 4) is 17.2 Å². The Morgan fingerprint density at radius 3 is 2.65 bits per heavy atom. The van der Waals surface area contributed by atoms with Crippen LogP contribution in [-0.2, 0) is 34.8 Å². The van der Waals surface area contributed by atoms with E-state index in [9.17, 15) is 9.18 Å². The summed E-state index contributed by atoms with van der Waals surface area (Å²) in [4.78, 5) is 19.4. The number of hydrogen-bond acceptors (Lipinski definition) is 7. The van der Waals surface area contributed by atoms with E-state index >= 15 is 0 Å². The second-order valence-electron chi connectivity index (χ2n) is 11.9. The van der Waals surface area contributed by atoms with Crippen LogP contribution in [0.15, 0.2) is 66.9 Å². The Morgan fingerprint density at radius 1 is 1.09 bits per heavy atom. The van der Waals surface area contributed by atoms with Gasteiger partial charge in [-0.2, -0.15) is 0 Å². The summed E-state index contributed by atoms with van der Waals surface area (Å²) in [5, 5.41) is 0.323. The third kappa shape index (κ3) is 6.86. The first-order valence-corrected chi connectivity index (χ1v) is 16.1. The lowest BCUT2D eigenvalue weighted by molar-refractivity contribution is -0.143. The van der Waals surface area contributed by atoms with E-state index in [0.29, 0.717) is 54.6 Å². The number of fused-ring (bicyclic) bond motifs is 1. The summed E-state index contributed by atoms with van der Waals surface area (Å²) in [6, 6.07) is 18.5. The van der Waals surface area contributed by atoms with Gasteiger partial charge < -0.3 is 23.5 Å². The van der Waals surface area contributed by atoms with Crippen LogP contribution in [0.25, 0.3) is 0 Å². The molecule has 0 aliphatic carbocycles. The zero-order valence-electron chi connectivity index (χ0n) is 26.4. The van der Waals surface area contributed by atoms with Gasteiger partial charge in [0.2, 0.25) is 0 Å². The summed E-state index contributed by atoms with van der Waals surface area (Å²) in [7, 11) is 1.66. The van der Waals surface area contributed by atoms with Crippen molar-refractivity contribution in [2.75, 3.05) is 26.8 Å². The van der Waals surface area contributed by atoms with Gasteiger partial charge in [0.1, 0.15) is 17.4 Å². The predicted molar refractivity (Wildman–Crippen MR) is 173 cm³/mol. The number of carbonyl (C=O) groups excluding carboxylic acids is 1. The molecule has 0 N–H and O–H groups in total. The van der Waals surface area contributed by atoms with Gasteiger partial charge >= 0.3 is 5.97 Å². The number of aromatic nitrogens is 2. The van der Waals surface area contributed by atoms with Crippen molar-refractivity contribution in [2.45, 2.75) is 64.3 Å². The molecule has 8 nitrogen and oxygen atoms in total. The first-order chi connectivity index (χ1) is 22.3. The van der Waals surface area contributed by atoms with Gasteiger partial charge in [-0.3, -0.25) is 9.69 Å². The summed E-state index contributed by atoms with van der Waals surface area (Å²) >= 11 is 5.99. The number of esters is 1. The van der Waals surface area contributed by atoms with Gasteiger partial charge in [0.25, 0.3) is 5.79 Å². The van der Waals surface area contributed by atoms with Gasteiger partial charge in [-0.25, -0.2) is 9.37 Å². The van der Waals surface area contributed by atoms with E-state index in [0.717, 1.165) is 54.3 Å². The zero-order chi connectivity index (χ0) is 32.3. The molecule has 0 radical (unpaired) electrons. The molecule has 1 atom stereocenters. The molecule has 0 saturated carbocycles. The van der Waals surface area contributed by atoms with Crippen LogP contribution in [0.1, 0.15) is 67.2 Å². The number of hydrogen-bond donors (Lipinski definition) is 0. The topological polar surface area (TPSA) is 75.0 Å². The van der Waals surface area contributed by atoms with Crippen molar-refractivity contribution in [3.05, 3.63) is 106 Å². The lowest BCUT2D eigenvalue weighted by atomic mass is 9.88. The van der Waals surface area contributed by atoms with Crippen LogP contribution in [-0.4, -0.2) is 47.2 Å². The highest BCUT2D eigenvalue weighted by atomic mass is 35.5. The first kappa shape index (κ1) is 31.9. The molecule has 242 valence electrons. The monoisotopic (exact) mass is 647 g/mol. The molecular formula is C36H39ClFN3O5. The van der Waals surface area contributed by atoms with E-state index in [1.165, 1.54) is 6.07 Å². The fourth-order valence-electron chi connectivity index (χ4n) is 6.43. The molecular weight excluding hydrogens is 609 g/mol. The lowest BCUT2D eigenvalue weighted by Crippen LogP contribution is -2.34. The number of imidazole rings is 1. The molecule has 1 aromatic heterocycles. The molecule has 3 heterocycles. The molecule has 46 heavy (non-hydrogen) atoms. The molecule has 1 unspecified atom stereocenters. The SMILES string of the molecule is CCOC(=O)CCc1cnc(CN2CCC(c3cccc4c3OC(C)(c3ccc(Cl)cc3F)O4)CC2)n1Cc1cccc(OC)c1. The van der Waals surface area contributed by atoms with Crippen LogP contribution >= 0.6 is 11.6 Å². The number of aryl methyl sites for hydroxylation is 1. The van der Waals surface area contributed by atoms with Crippen LogP contribution in [0.2, 0.25) is 5.02 Å². The standard InChI is InChI=1S/C36H39ClFN3O5/c1-4-44-34(42)14-12-27-21-39-33(41(27)22-24-7-5-8-28(19-24)43-3)23-40-17-15-25(16-18-40)29-9-6-10-32-35(29)46-36(2,45-32)30-13-11-26(37)20-31(30)38/h5-11,13,19-21,25H,4,12,14-18,22-23H2,1-3H3. The van der Waals surface area contributed by atoms with Crippen LogP contribution in [0, 0.1) is 5.82 Å². The number of para-hydroxylation sites is 1. The van der Waals surface area contributed by atoms with Crippen LogP contribution in [0.3, 0.4) is 0 Å². The molecule has 4 aromatic rings. The fourth-order valence-corrected chi connectivity index (χ4v) is 6.59. The minimum atomic E-state index is -1.28. The van der Waals surface area contributed by atoms with Gasteiger partial charge in [-0.1, -0.05) is 35.9 Å². The van der Waals surface area contributed by atoms with Gasteiger partial charge in [0.15, 0.2) is 11.5 Å². The number of likely N-dealkylation sites (tertiary alicyclic amines) is 1. The van der Waals surface area contributed by atoms with Crippen LogP contribution in [0.5, 0.6) is 17.2 Å². The van der Waals surface area contributed by atoms with E-state index in [2.05, 4.69) is 21.6 Å². The summed E-state index contributed by atoms with van der Waals surface area (Å²) < 4.78 is 40.3. The Balaban J connectivity index is 1.15. The second-order valence-corrected chi connectivity index (χ2v) is 12.3. The fraction of sp³-hybridized carbons (Fsp3) is 0.389. The third-order valence-corrected chi connectivity index (χ3v) is 9.05. The van der Waals surface area contributed by atoms with Crippen molar-refractivity contribution >= 4 is 17.6 Å². The van der Waals surface area contributed by atoms with Crippen molar-refractivity contribution in [1.82, 2.24) is 14.5 Å². The molecule has 1 fully saturated rings. The highest BCUT2D eigenvalue weighted by Crippen LogP contribution is 2.49. The first-order valence-electron chi connectivity index (χ1n) is 15.8. The van der Waals surface area contributed by atoms with E-state index in [1.54, 1.807) is 26.2 Å². The molecule has 0 amide bonds. The molecule has 6 rings (SSSR count). The van der Waals surface area contributed by atoms with Gasteiger partial charge in [-0.15, -0.1) is 0 Å². The van der Waals surface area contributed by atoms with Gasteiger partial charge in [0, 0.05) is 35.9 Å². The van der Waals surface area contributed by atoms with Crippen molar-refractivity contribution in [3.63, 3.8) is 0 Å². The summed E-state index contributed by atoms with van der Waals surface area (Å²) in [6.45, 7) is 7.00. The Kier molecular flexibility index (Phi) is 9.52. The normalized spacial score (nSPS) is 18.1. The highest BCUT2D eigenvalue weighted by molar-refractivity contribution is 6.30. The smallest absolute Gasteiger partial charge is 0.306 e. The third-order valence-electron chi connectivity index (χ3n) is 8.81. The Labute approximate surface area is 274 Å². The molecule has 1 saturated heterocycles. The van der Waals surface area contributed by atoms with Crippen molar-refractivity contribution in [1.29, 1.82) is 0 Å². The Morgan fingerprint density at radius 2 is 1.89 bits per heavy atom. The van der Waals surface area contributed by atoms with Crippen LogP contribution in [0.4, 0.5) is 4.39 Å². The number of methoxy groups -OCH3 is 1. The van der Waals surface area contributed by atoms with E-state index in [4.69, 9.17) is 35.5 Å². The molecule has 10 heteroatoms. The molecule has 2 aliphatic heterocycles. The van der Waals surface area contributed by atoms with E-state index in [-0.39, 0.29) is 11.9 Å². The minimum absolute atomic E-state index is 0.208. The highest BCUT2D eigenvalue weighted by Gasteiger charge is 2.43. The lowest BCUT2D eigenvalue weighted by Gasteiger charge is -2.32. The number of piperidine rings is 1. The molecule has 0 bridgehead atoms. The summed E-state index contributed by atoms with van der Waals surface area (Å²) in [6.07, 6.45) is 4.60. The zero-order valence-corrected chi connectivity index (χ0v) is 27.2. The van der Waals surface area contributed by atoms with Crippen molar-refractivity contribution < 1.29 is 28.1 Å². The average Bonchev–Trinajstić information content (AvgIpc) is 3.60. The molecule has 0 spiro atoms. The number of nitrogens with zero attached hydrogens (tertiary/aromatic N) is 3. The van der Waals surface area contributed by atoms with Crippen molar-refractivity contribution in [2.24, 2.45) is 0 Å². The number of halogens is 2. The average molecular weight is 648 g/mol. The van der Waals surface area contributed by atoms with Gasteiger partial charge in [-0.05, 0) is 87.2 Å². The molecule has 3 aromatic carbocycles. The quantitative estimate of drug-likeness (QED) is 0.159. The predicted octanol–water partition coefficient (Wildman–Crippen LogP) is 7.25. The maximum absolute atomic E-state index is 14.9. The summed E-state index contributed by atoms with van der Waals surface area (Å²) in [5.41, 5.74) is 3.48. The van der Waals surface area contributed by atoms with E-state index in [1.807, 2.05) is 43.5 Å². The number of benzene rings is 3. The Bertz CT molecular complexity index is 1700. The van der Waals surface area contributed by atoms with Crippen LogP contribution < -0.4 is 14.2 Å². The van der Waals surface area contributed by atoms with Gasteiger partial charge in [0.05, 0.1) is 32.2 Å². The largest absolute Gasteiger partial charge is 0.497 e. The molecule has 2 aliphatic rings. The number of carbonyl (C=O) groups is 1. The minimum Gasteiger partial charge on any atom is -0.497 e. The summed E-state index contributed by atoms with van der Waals surface area (Å²) in [5.74, 6) is 1.37. The number of rotatable bonds is 11. The Hall–Kier alpha value is -4.08. The van der Waals surface area contributed by atoms with E-state index < -0.39 is 11.6 Å². The second kappa shape index (κ2) is 13.7. The maximum atomic E-state index is 14.9. The number of ether oxygens (including phenoxy) is 4.